The summed E-state index contributed by atoms with van der Waals surface area (Å²) in [6.07, 6.45) is -1.36. The van der Waals surface area contributed by atoms with Crippen LogP contribution < -0.4 is 0 Å². The molecular weight excluding hydrogens is 306 g/mol. The van der Waals surface area contributed by atoms with Gasteiger partial charge in [-0.2, -0.15) is 8.42 Å². The van der Waals surface area contributed by atoms with Gasteiger partial charge >= 0.3 is 0 Å². The first-order valence-electron chi connectivity index (χ1n) is 6.53. The summed E-state index contributed by atoms with van der Waals surface area (Å²) >= 11 is 0. The third kappa shape index (κ3) is 2.99. The number of hydrogen-bond acceptors (Lipinski definition) is 5. The van der Waals surface area contributed by atoms with E-state index >= 15 is 0 Å². The summed E-state index contributed by atoms with van der Waals surface area (Å²) in [7, 11) is -3.85. The highest BCUT2D eigenvalue weighted by Gasteiger charge is 2.34. The van der Waals surface area contributed by atoms with Crippen molar-refractivity contribution in [1.82, 2.24) is 0 Å². The summed E-state index contributed by atoms with van der Waals surface area (Å²) in [6, 6.07) is 8.68. The summed E-state index contributed by atoms with van der Waals surface area (Å²) < 4.78 is 32.8. The van der Waals surface area contributed by atoms with Gasteiger partial charge in [0.1, 0.15) is 0 Å². The Hall–Kier alpha value is -2.28. The molecule has 0 unspecified atom stereocenters. The standard InChI is InChI=1S/C15H15NO5S/c1-9(17)14(10(2)18)21-15-13(11(3)22(19,20)16-15)12-7-5-4-6-8-12/h4-8,14H,1-3H3. The molecule has 22 heavy (non-hydrogen) atoms. The Morgan fingerprint density at radius 3 is 2.14 bits per heavy atom. The van der Waals surface area contributed by atoms with Crippen LogP contribution in [0.25, 0.3) is 5.57 Å². The van der Waals surface area contributed by atoms with Crippen LogP contribution in [-0.2, 0) is 24.3 Å². The number of carbonyl (C=O) groups is 2. The van der Waals surface area contributed by atoms with E-state index in [1.807, 2.05) is 0 Å². The van der Waals surface area contributed by atoms with Crippen LogP contribution in [-0.4, -0.2) is 32.0 Å². The van der Waals surface area contributed by atoms with E-state index in [2.05, 4.69) is 4.40 Å². The highest BCUT2D eigenvalue weighted by Crippen LogP contribution is 2.32. The first-order valence-corrected chi connectivity index (χ1v) is 7.97. The lowest BCUT2D eigenvalue weighted by molar-refractivity contribution is -0.134. The van der Waals surface area contributed by atoms with Crippen LogP contribution in [0.5, 0.6) is 0 Å². The molecule has 1 aromatic carbocycles. The lowest BCUT2D eigenvalue weighted by Crippen LogP contribution is -2.32. The van der Waals surface area contributed by atoms with Gasteiger partial charge in [0.2, 0.25) is 12.0 Å². The summed E-state index contributed by atoms with van der Waals surface area (Å²) in [5, 5.41) is 0. The molecule has 1 aliphatic heterocycles. The number of carbonyl (C=O) groups excluding carboxylic acids is 2. The number of ether oxygens (including phenoxy) is 1. The first kappa shape index (κ1) is 16.1. The normalized spacial score (nSPS) is 16.6. The van der Waals surface area contributed by atoms with Gasteiger partial charge in [0, 0.05) is 0 Å². The van der Waals surface area contributed by atoms with Crippen molar-refractivity contribution in [2.75, 3.05) is 0 Å². The molecule has 0 N–H and O–H groups in total. The number of ketones is 2. The number of hydrogen-bond donors (Lipinski definition) is 0. The fourth-order valence-electron chi connectivity index (χ4n) is 2.08. The van der Waals surface area contributed by atoms with Gasteiger partial charge in [-0.3, -0.25) is 9.59 Å². The minimum atomic E-state index is -3.85. The molecule has 0 saturated carbocycles. The van der Waals surface area contributed by atoms with E-state index in [4.69, 9.17) is 4.74 Å². The fourth-order valence-corrected chi connectivity index (χ4v) is 3.03. The van der Waals surface area contributed by atoms with Gasteiger partial charge in [0.15, 0.2) is 11.6 Å². The van der Waals surface area contributed by atoms with E-state index < -0.39 is 27.7 Å². The fraction of sp³-hybridized carbons (Fsp3) is 0.267. The maximum absolute atomic E-state index is 12.0. The van der Waals surface area contributed by atoms with Crippen LogP contribution in [0.15, 0.2) is 39.6 Å². The van der Waals surface area contributed by atoms with E-state index in [0.717, 1.165) is 0 Å². The number of allylic oxidation sites excluding steroid dienone is 1. The van der Waals surface area contributed by atoms with E-state index in [9.17, 15) is 18.0 Å². The Balaban J connectivity index is 2.51. The molecule has 6 nitrogen and oxygen atoms in total. The molecule has 0 saturated heterocycles. The number of sulfonamides is 1. The number of rotatable bonds is 4. The third-order valence-electron chi connectivity index (χ3n) is 3.19. The lowest BCUT2D eigenvalue weighted by Gasteiger charge is -2.15. The van der Waals surface area contributed by atoms with Gasteiger partial charge in [-0.05, 0) is 26.3 Å². The monoisotopic (exact) mass is 321 g/mol. The molecule has 0 spiro atoms. The Labute approximate surface area is 128 Å². The van der Waals surface area contributed by atoms with Gasteiger partial charge < -0.3 is 4.74 Å². The molecule has 0 radical (unpaired) electrons. The minimum Gasteiger partial charge on any atom is -0.457 e. The van der Waals surface area contributed by atoms with Crippen molar-refractivity contribution in [3.63, 3.8) is 0 Å². The summed E-state index contributed by atoms with van der Waals surface area (Å²) in [5.74, 6) is -1.24. The van der Waals surface area contributed by atoms with Crippen LogP contribution in [0.2, 0.25) is 0 Å². The SMILES string of the molecule is CC(=O)C(OC1=NS(=O)(=O)C(C)=C1c1ccccc1)C(C)=O. The van der Waals surface area contributed by atoms with Crippen molar-refractivity contribution in [2.45, 2.75) is 26.9 Å². The number of nitrogens with zero attached hydrogens (tertiary/aromatic N) is 1. The van der Waals surface area contributed by atoms with Gasteiger partial charge in [0.25, 0.3) is 10.0 Å². The predicted octanol–water partition coefficient (Wildman–Crippen LogP) is 1.72. The largest absolute Gasteiger partial charge is 0.457 e. The van der Waals surface area contributed by atoms with Gasteiger partial charge in [-0.25, -0.2) is 0 Å². The van der Waals surface area contributed by atoms with Crippen LogP contribution in [0.4, 0.5) is 0 Å². The quantitative estimate of drug-likeness (QED) is 0.788. The van der Waals surface area contributed by atoms with Crippen molar-refractivity contribution < 1.29 is 22.7 Å². The van der Waals surface area contributed by atoms with Crippen molar-refractivity contribution in [2.24, 2.45) is 4.40 Å². The molecular formula is C15H15NO5S. The minimum absolute atomic E-state index is 0.0274. The van der Waals surface area contributed by atoms with E-state index in [-0.39, 0.29) is 16.4 Å². The van der Waals surface area contributed by atoms with Crippen LogP contribution in [0.1, 0.15) is 26.3 Å². The zero-order chi connectivity index (χ0) is 16.5. The van der Waals surface area contributed by atoms with Crippen molar-refractivity contribution in [1.29, 1.82) is 0 Å². The highest BCUT2D eigenvalue weighted by atomic mass is 32.2. The molecule has 116 valence electrons. The van der Waals surface area contributed by atoms with E-state index in [1.165, 1.54) is 20.8 Å². The van der Waals surface area contributed by atoms with Gasteiger partial charge in [0.05, 0.1) is 10.5 Å². The molecule has 1 heterocycles. The van der Waals surface area contributed by atoms with Crippen molar-refractivity contribution in [3.05, 3.63) is 40.8 Å². The zero-order valence-electron chi connectivity index (χ0n) is 12.4. The van der Waals surface area contributed by atoms with Crippen LogP contribution in [0, 0.1) is 0 Å². The van der Waals surface area contributed by atoms with Crippen molar-refractivity contribution >= 4 is 33.1 Å². The summed E-state index contributed by atoms with van der Waals surface area (Å²) in [5.41, 5.74) is 0.860. The molecule has 0 amide bonds. The topological polar surface area (TPSA) is 89.9 Å². The Morgan fingerprint density at radius 1 is 1.09 bits per heavy atom. The number of Topliss-reactive ketones (excluding diaryl/α,β-unsaturated/α-hetero) is 2. The molecule has 0 atom stereocenters. The summed E-state index contributed by atoms with van der Waals surface area (Å²) in [4.78, 5) is 23.0. The Kier molecular flexibility index (Phi) is 4.27. The average molecular weight is 321 g/mol. The van der Waals surface area contributed by atoms with E-state index in [0.29, 0.717) is 5.56 Å². The maximum Gasteiger partial charge on any atom is 0.282 e. The molecule has 2 rings (SSSR count). The molecule has 1 aliphatic rings. The third-order valence-corrected chi connectivity index (χ3v) is 4.57. The molecule has 0 aromatic heterocycles. The maximum atomic E-state index is 12.0. The molecule has 1 aromatic rings. The lowest BCUT2D eigenvalue weighted by atomic mass is 10.1. The van der Waals surface area contributed by atoms with Gasteiger partial charge in [-0.15, -0.1) is 4.40 Å². The average Bonchev–Trinajstić information content (AvgIpc) is 2.66. The molecule has 0 fully saturated rings. The second-order valence-electron chi connectivity index (χ2n) is 4.89. The number of benzene rings is 1. The summed E-state index contributed by atoms with van der Waals surface area (Å²) in [6.45, 7) is 3.82. The van der Waals surface area contributed by atoms with Crippen LogP contribution >= 0.6 is 0 Å². The second-order valence-corrected chi connectivity index (χ2v) is 6.63. The smallest absolute Gasteiger partial charge is 0.282 e. The molecule has 0 bridgehead atoms. The zero-order valence-corrected chi connectivity index (χ0v) is 13.2. The molecule has 7 heteroatoms. The van der Waals surface area contributed by atoms with Crippen LogP contribution in [0.3, 0.4) is 0 Å². The van der Waals surface area contributed by atoms with Crippen molar-refractivity contribution in [3.8, 4) is 0 Å². The van der Waals surface area contributed by atoms with E-state index in [1.54, 1.807) is 30.3 Å². The first-order chi connectivity index (χ1) is 10.2. The second kappa shape index (κ2) is 5.84. The Bertz CT molecular complexity index is 776. The highest BCUT2D eigenvalue weighted by molar-refractivity contribution is 7.94. The predicted molar refractivity (Wildman–Crippen MR) is 81.6 cm³/mol. The molecule has 0 aliphatic carbocycles. The Morgan fingerprint density at radius 2 is 1.64 bits per heavy atom. The van der Waals surface area contributed by atoms with Gasteiger partial charge in [-0.1, -0.05) is 30.3 Å².